The molecule has 2 N–H and O–H groups in total. The molecule has 6 heteroatoms. The summed E-state index contributed by atoms with van der Waals surface area (Å²) < 4.78 is 2.23. The van der Waals surface area contributed by atoms with E-state index in [0.29, 0.717) is 4.77 Å². The van der Waals surface area contributed by atoms with Gasteiger partial charge in [-0.2, -0.15) is 5.10 Å². The monoisotopic (exact) mass is 318 g/mol. The Labute approximate surface area is 135 Å². The number of nitrogens with one attached hydrogen (secondary N) is 2. The molecule has 0 aliphatic rings. The normalized spacial score (nSPS) is 10.6. The van der Waals surface area contributed by atoms with Crippen LogP contribution >= 0.6 is 12.2 Å². The van der Waals surface area contributed by atoms with Crippen LogP contribution in [0.15, 0.2) is 24.3 Å². The lowest BCUT2D eigenvalue weighted by Gasteiger charge is -2.08. The number of hydrogen-bond donors (Lipinski definition) is 2. The lowest BCUT2D eigenvalue weighted by molar-refractivity contribution is -0.116. The number of aromatic amines is 1. The lowest BCUT2D eigenvalue weighted by atomic mass is 10.1. The molecule has 118 valence electrons. The van der Waals surface area contributed by atoms with Crippen molar-refractivity contribution in [3.8, 4) is 0 Å². The van der Waals surface area contributed by atoms with Crippen molar-refractivity contribution >= 4 is 23.8 Å². The number of nitrogens with zero attached hydrogens (tertiary/aromatic N) is 2. The van der Waals surface area contributed by atoms with E-state index >= 15 is 0 Å². The van der Waals surface area contributed by atoms with Crippen molar-refractivity contribution in [1.29, 1.82) is 0 Å². The molecule has 1 heterocycles. The zero-order valence-electron chi connectivity index (χ0n) is 13.1. The van der Waals surface area contributed by atoms with Gasteiger partial charge in [0.05, 0.1) is 0 Å². The Hall–Kier alpha value is -1.95. The highest BCUT2D eigenvalue weighted by molar-refractivity contribution is 7.71. The Balaban J connectivity index is 2.01. The molecule has 0 saturated heterocycles. The molecule has 0 aliphatic carbocycles. The van der Waals surface area contributed by atoms with Crippen molar-refractivity contribution in [3.05, 3.63) is 40.4 Å². The van der Waals surface area contributed by atoms with Gasteiger partial charge in [0, 0.05) is 12.1 Å². The van der Waals surface area contributed by atoms with Crippen molar-refractivity contribution in [1.82, 2.24) is 14.8 Å². The van der Waals surface area contributed by atoms with Gasteiger partial charge in [-0.15, -0.1) is 0 Å². The topological polar surface area (TPSA) is 62.7 Å². The molecule has 0 atom stereocenters. The molecule has 0 saturated carbocycles. The summed E-state index contributed by atoms with van der Waals surface area (Å²) in [5.41, 5.74) is 2.08. The van der Waals surface area contributed by atoms with Crippen LogP contribution in [0.2, 0.25) is 0 Å². The van der Waals surface area contributed by atoms with Gasteiger partial charge in [-0.25, -0.2) is 0 Å². The number of hydrogen-bond acceptors (Lipinski definition) is 3. The average molecular weight is 318 g/mol. The van der Waals surface area contributed by atoms with Gasteiger partial charge in [0.2, 0.25) is 5.91 Å². The summed E-state index contributed by atoms with van der Waals surface area (Å²) in [7, 11) is 0. The first-order valence-corrected chi connectivity index (χ1v) is 8.07. The molecule has 0 spiro atoms. The molecule has 2 rings (SSSR count). The van der Waals surface area contributed by atoms with Crippen LogP contribution in [0.1, 0.15) is 38.1 Å². The first-order valence-electron chi connectivity index (χ1n) is 7.67. The molecular weight excluding hydrogens is 296 g/mol. The fourth-order valence-corrected chi connectivity index (χ4v) is 2.53. The van der Waals surface area contributed by atoms with E-state index in [1.807, 2.05) is 24.3 Å². The molecule has 0 aliphatic heterocycles. The molecule has 0 fully saturated rings. The maximum Gasteiger partial charge on any atom is 0.244 e. The van der Waals surface area contributed by atoms with Gasteiger partial charge in [0.25, 0.3) is 0 Å². The van der Waals surface area contributed by atoms with Crippen molar-refractivity contribution in [3.63, 3.8) is 0 Å². The molecule has 1 aromatic carbocycles. The van der Waals surface area contributed by atoms with E-state index < -0.39 is 0 Å². The summed E-state index contributed by atoms with van der Waals surface area (Å²) in [6, 6.07) is 7.96. The predicted octanol–water partition coefficient (Wildman–Crippen LogP) is 3.48. The van der Waals surface area contributed by atoms with Gasteiger partial charge in [-0.1, -0.05) is 32.4 Å². The van der Waals surface area contributed by atoms with Crippen molar-refractivity contribution < 1.29 is 4.79 Å². The van der Waals surface area contributed by atoms with E-state index in [9.17, 15) is 4.79 Å². The first kappa shape index (κ1) is 16.4. The third-order valence-electron chi connectivity index (χ3n) is 3.39. The van der Waals surface area contributed by atoms with E-state index in [0.717, 1.165) is 37.2 Å². The van der Waals surface area contributed by atoms with E-state index in [-0.39, 0.29) is 12.5 Å². The number of rotatable bonds is 7. The van der Waals surface area contributed by atoms with E-state index in [4.69, 9.17) is 12.2 Å². The standard InChI is InChI=1S/C16H22N4OS/c1-3-5-12-7-9-13(10-8-12)17-15(21)11-20-14(6-4-2)18-19-16(20)22/h7-10H,3-6,11H2,1-2H3,(H,17,21)(H,19,22). The summed E-state index contributed by atoms with van der Waals surface area (Å²) in [5, 5.41) is 9.81. The summed E-state index contributed by atoms with van der Waals surface area (Å²) >= 11 is 5.18. The quantitative estimate of drug-likeness (QED) is 0.768. The zero-order chi connectivity index (χ0) is 15.9. The Morgan fingerprint density at radius 1 is 1.23 bits per heavy atom. The third-order valence-corrected chi connectivity index (χ3v) is 3.70. The summed E-state index contributed by atoms with van der Waals surface area (Å²) in [6.07, 6.45) is 3.93. The highest BCUT2D eigenvalue weighted by Crippen LogP contribution is 2.11. The minimum atomic E-state index is -0.0990. The summed E-state index contributed by atoms with van der Waals surface area (Å²) in [5.74, 6) is 0.721. The van der Waals surface area contributed by atoms with Crippen LogP contribution in [0.4, 0.5) is 5.69 Å². The lowest BCUT2D eigenvalue weighted by Crippen LogP contribution is -2.20. The minimum absolute atomic E-state index is 0.0990. The second-order valence-electron chi connectivity index (χ2n) is 5.28. The Morgan fingerprint density at radius 3 is 2.55 bits per heavy atom. The van der Waals surface area contributed by atoms with Crippen LogP contribution in [0.3, 0.4) is 0 Å². The van der Waals surface area contributed by atoms with Gasteiger partial charge in [0.1, 0.15) is 12.4 Å². The fourth-order valence-electron chi connectivity index (χ4n) is 2.32. The van der Waals surface area contributed by atoms with Crippen LogP contribution in [-0.2, 0) is 24.2 Å². The number of benzene rings is 1. The maximum atomic E-state index is 12.2. The van der Waals surface area contributed by atoms with Gasteiger partial charge in [0.15, 0.2) is 4.77 Å². The maximum absolute atomic E-state index is 12.2. The Bertz CT molecular complexity index is 672. The van der Waals surface area contributed by atoms with Crippen LogP contribution in [-0.4, -0.2) is 20.7 Å². The number of carbonyl (C=O) groups is 1. The van der Waals surface area contributed by atoms with E-state index in [1.54, 1.807) is 4.57 Å². The molecule has 1 aromatic heterocycles. The van der Waals surface area contributed by atoms with Gasteiger partial charge in [-0.3, -0.25) is 14.5 Å². The van der Waals surface area contributed by atoms with Crippen molar-refractivity contribution in [2.75, 3.05) is 5.32 Å². The highest BCUT2D eigenvalue weighted by Gasteiger charge is 2.10. The van der Waals surface area contributed by atoms with Gasteiger partial charge in [-0.05, 0) is 42.8 Å². The molecule has 0 bridgehead atoms. The number of aromatic nitrogens is 3. The minimum Gasteiger partial charge on any atom is -0.325 e. The molecule has 0 unspecified atom stereocenters. The molecule has 0 radical (unpaired) electrons. The second kappa shape index (κ2) is 7.89. The average Bonchev–Trinajstić information content (AvgIpc) is 2.83. The fraction of sp³-hybridized carbons (Fsp3) is 0.438. The molecule has 2 aromatic rings. The van der Waals surface area contributed by atoms with Crippen molar-refractivity contribution in [2.45, 2.75) is 46.1 Å². The van der Waals surface area contributed by atoms with Crippen LogP contribution in [0, 0.1) is 4.77 Å². The second-order valence-corrected chi connectivity index (χ2v) is 5.66. The number of anilines is 1. The van der Waals surface area contributed by atoms with Crippen LogP contribution in [0.25, 0.3) is 0 Å². The number of carbonyl (C=O) groups excluding carboxylic acids is 1. The number of aryl methyl sites for hydroxylation is 2. The molecule has 22 heavy (non-hydrogen) atoms. The highest BCUT2D eigenvalue weighted by atomic mass is 32.1. The van der Waals surface area contributed by atoms with E-state index in [1.165, 1.54) is 5.56 Å². The van der Waals surface area contributed by atoms with Gasteiger partial charge >= 0.3 is 0 Å². The number of H-pyrrole nitrogens is 1. The molecular formula is C16H22N4OS. The largest absolute Gasteiger partial charge is 0.325 e. The molecule has 5 nitrogen and oxygen atoms in total. The van der Waals surface area contributed by atoms with Crippen LogP contribution in [0.5, 0.6) is 0 Å². The smallest absolute Gasteiger partial charge is 0.244 e. The van der Waals surface area contributed by atoms with Gasteiger partial charge < -0.3 is 5.32 Å². The Kier molecular flexibility index (Phi) is 5.89. The Morgan fingerprint density at radius 2 is 1.91 bits per heavy atom. The SMILES string of the molecule is CCCc1ccc(NC(=O)Cn2c(CCC)n[nH]c2=S)cc1. The van der Waals surface area contributed by atoms with E-state index in [2.05, 4.69) is 29.4 Å². The predicted molar refractivity (Wildman–Crippen MR) is 90.5 cm³/mol. The summed E-state index contributed by atoms with van der Waals surface area (Å²) in [4.78, 5) is 12.2. The number of amides is 1. The van der Waals surface area contributed by atoms with Crippen LogP contribution < -0.4 is 5.32 Å². The zero-order valence-corrected chi connectivity index (χ0v) is 13.9. The van der Waals surface area contributed by atoms with Crippen molar-refractivity contribution in [2.24, 2.45) is 0 Å². The summed E-state index contributed by atoms with van der Waals surface area (Å²) in [6.45, 7) is 4.40. The first-order chi connectivity index (χ1) is 10.6. The molecule has 1 amide bonds. The third kappa shape index (κ3) is 4.27.